The van der Waals surface area contributed by atoms with Crippen LogP contribution in [0.25, 0.3) is 0 Å². The van der Waals surface area contributed by atoms with Crippen LogP contribution in [0.1, 0.15) is 24.0 Å². The summed E-state index contributed by atoms with van der Waals surface area (Å²) in [6, 6.07) is 8.31. The van der Waals surface area contributed by atoms with Gasteiger partial charge in [-0.2, -0.15) is 0 Å². The molecule has 0 radical (unpaired) electrons. The molecule has 108 valence electrons. The van der Waals surface area contributed by atoms with E-state index in [-0.39, 0.29) is 17.7 Å². The summed E-state index contributed by atoms with van der Waals surface area (Å²) >= 11 is 0. The third-order valence-electron chi connectivity index (χ3n) is 3.90. The molecule has 0 fully saturated rings. The normalized spacial score (nSPS) is 18.4. The summed E-state index contributed by atoms with van der Waals surface area (Å²) < 4.78 is 0. The summed E-state index contributed by atoms with van der Waals surface area (Å²) in [5.41, 5.74) is 8.06. The van der Waals surface area contributed by atoms with Crippen LogP contribution in [0.3, 0.4) is 0 Å². The number of nitrogens with zero attached hydrogens (tertiary/aromatic N) is 2. The molecule has 0 aliphatic heterocycles. The monoisotopic (exact) mass is 275 g/mol. The molecule has 1 aromatic rings. The molecule has 1 atom stereocenters. The topological polar surface area (TPSA) is 78.9 Å². The number of carbonyl (C=O) groups is 1. The predicted octanol–water partition coefficient (Wildman–Crippen LogP) is 1.39. The molecule has 1 unspecified atom stereocenters. The smallest absolute Gasteiger partial charge is 0.225 e. The van der Waals surface area contributed by atoms with Gasteiger partial charge in [-0.25, -0.2) is 0 Å². The molecule has 5 nitrogen and oxygen atoms in total. The fourth-order valence-electron chi connectivity index (χ4n) is 2.66. The van der Waals surface area contributed by atoms with Crippen molar-refractivity contribution >= 4 is 11.7 Å². The number of hydrogen-bond acceptors (Lipinski definition) is 3. The lowest BCUT2D eigenvalue weighted by Gasteiger charge is -2.27. The van der Waals surface area contributed by atoms with Crippen molar-refractivity contribution < 1.29 is 10.0 Å². The van der Waals surface area contributed by atoms with E-state index >= 15 is 0 Å². The van der Waals surface area contributed by atoms with Crippen molar-refractivity contribution in [2.45, 2.75) is 25.7 Å². The van der Waals surface area contributed by atoms with E-state index in [4.69, 9.17) is 10.9 Å². The van der Waals surface area contributed by atoms with Crippen LogP contribution in [-0.4, -0.2) is 35.4 Å². The molecule has 1 aromatic carbocycles. The third kappa shape index (κ3) is 3.29. The Balaban J connectivity index is 1.94. The first kappa shape index (κ1) is 14.4. The number of rotatable bonds is 4. The van der Waals surface area contributed by atoms with E-state index in [9.17, 15) is 4.79 Å². The molecule has 0 spiro atoms. The van der Waals surface area contributed by atoms with Crippen molar-refractivity contribution in [3.63, 3.8) is 0 Å². The number of nitrogens with two attached hydrogens (primary N) is 1. The number of aryl methyl sites for hydroxylation is 1. The maximum Gasteiger partial charge on any atom is 0.225 e. The summed E-state index contributed by atoms with van der Waals surface area (Å²) in [7, 11) is 1.77. The first-order chi connectivity index (χ1) is 9.61. The van der Waals surface area contributed by atoms with Crippen LogP contribution in [0.2, 0.25) is 0 Å². The fourth-order valence-corrected chi connectivity index (χ4v) is 2.66. The summed E-state index contributed by atoms with van der Waals surface area (Å²) in [5, 5.41) is 11.4. The molecule has 2 rings (SSSR count). The van der Waals surface area contributed by atoms with Gasteiger partial charge < -0.3 is 15.8 Å². The van der Waals surface area contributed by atoms with Gasteiger partial charge >= 0.3 is 0 Å². The molecule has 5 heteroatoms. The van der Waals surface area contributed by atoms with Crippen molar-refractivity contribution in [2.24, 2.45) is 16.8 Å². The molecule has 0 aromatic heterocycles. The van der Waals surface area contributed by atoms with Crippen molar-refractivity contribution in [3.05, 3.63) is 35.4 Å². The largest absolute Gasteiger partial charge is 0.409 e. The Bertz CT molecular complexity index is 514. The van der Waals surface area contributed by atoms with E-state index < -0.39 is 0 Å². The van der Waals surface area contributed by atoms with Crippen molar-refractivity contribution in [1.29, 1.82) is 0 Å². The van der Waals surface area contributed by atoms with Gasteiger partial charge in [0.25, 0.3) is 0 Å². The second-order valence-electron chi connectivity index (χ2n) is 5.31. The Morgan fingerprint density at radius 3 is 2.85 bits per heavy atom. The summed E-state index contributed by atoms with van der Waals surface area (Å²) in [6.07, 6.45) is 3.05. The highest BCUT2D eigenvalue weighted by Gasteiger charge is 2.26. The molecule has 0 heterocycles. The predicted molar refractivity (Wildman–Crippen MR) is 77.6 cm³/mol. The van der Waals surface area contributed by atoms with Gasteiger partial charge in [0, 0.05) is 25.9 Å². The van der Waals surface area contributed by atoms with Gasteiger partial charge in [0.05, 0.1) is 0 Å². The van der Waals surface area contributed by atoms with Gasteiger partial charge in [-0.15, -0.1) is 0 Å². The Kier molecular flexibility index (Phi) is 4.61. The molecule has 1 aliphatic rings. The summed E-state index contributed by atoms with van der Waals surface area (Å²) in [5.74, 6) is 0.339. The standard InChI is InChI=1S/C15H21N3O2/c1-18(9-8-14(16)17-20)15(19)13-7-6-11-4-2-3-5-12(11)10-13/h2-5,13,20H,6-10H2,1H3,(H2,16,17). The zero-order chi connectivity index (χ0) is 14.5. The van der Waals surface area contributed by atoms with Gasteiger partial charge in [-0.1, -0.05) is 29.4 Å². The van der Waals surface area contributed by atoms with Crippen molar-refractivity contribution in [1.82, 2.24) is 4.90 Å². The Morgan fingerprint density at radius 1 is 1.45 bits per heavy atom. The van der Waals surface area contributed by atoms with E-state index in [1.54, 1.807) is 11.9 Å². The zero-order valence-electron chi connectivity index (χ0n) is 11.7. The lowest BCUT2D eigenvalue weighted by Crippen LogP contribution is -2.37. The minimum Gasteiger partial charge on any atom is -0.409 e. The van der Waals surface area contributed by atoms with Gasteiger partial charge in [-0.3, -0.25) is 4.79 Å². The van der Waals surface area contributed by atoms with Crippen molar-refractivity contribution in [2.75, 3.05) is 13.6 Å². The Morgan fingerprint density at radius 2 is 2.15 bits per heavy atom. The van der Waals surface area contributed by atoms with E-state index in [1.165, 1.54) is 11.1 Å². The van der Waals surface area contributed by atoms with E-state index in [2.05, 4.69) is 17.3 Å². The molecular formula is C15H21N3O2. The van der Waals surface area contributed by atoms with Crippen LogP contribution in [0.15, 0.2) is 29.4 Å². The lowest BCUT2D eigenvalue weighted by atomic mass is 9.83. The Hall–Kier alpha value is -2.04. The van der Waals surface area contributed by atoms with Gasteiger partial charge in [0.2, 0.25) is 5.91 Å². The number of hydrogen-bond donors (Lipinski definition) is 2. The third-order valence-corrected chi connectivity index (χ3v) is 3.90. The Labute approximate surface area is 119 Å². The van der Waals surface area contributed by atoms with Gasteiger partial charge in [0.1, 0.15) is 5.84 Å². The SMILES string of the molecule is CN(CC/C(N)=N/O)C(=O)C1CCc2ccccc2C1. The summed E-state index contributed by atoms with van der Waals surface area (Å²) in [4.78, 5) is 14.1. The van der Waals surface area contributed by atoms with E-state index in [0.29, 0.717) is 13.0 Å². The number of amides is 1. The number of carbonyl (C=O) groups excluding carboxylic acids is 1. The van der Waals surface area contributed by atoms with Crippen molar-refractivity contribution in [3.8, 4) is 0 Å². The maximum absolute atomic E-state index is 12.4. The highest BCUT2D eigenvalue weighted by molar-refractivity contribution is 5.82. The van der Waals surface area contributed by atoms with Crippen LogP contribution in [0.5, 0.6) is 0 Å². The number of fused-ring (bicyclic) bond motifs is 1. The molecule has 1 aliphatic carbocycles. The molecule has 0 saturated carbocycles. The zero-order valence-corrected chi connectivity index (χ0v) is 11.7. The second kappa shape index (κ2) is 6.41. The van der Waals surface area contributed by atoms with E-state index in [1.807, 2.05) is 12.1 Å². The first-order valence-corrected chi connectivity index (χ1v) is 6.90. The van der Waals surface area contributed by atoms with Crippen LogP contribution in [-0.2, 0) is 17.6 Å². The molecule has 1 amide bonds. The number of benzene rings is 1. The first-order valence-electron chi connectivity index (χ1n) is 6.90. The van der Waals surface area contributed by atoms with Crippen LogP contribution in [0.4, 0.5) is 0 Å². The maximum atomic E-state index is 12.4. The molecule has 0 bridgehead atoms. The molecule has 20 heavy (non-hydrogen) atoms. The van der Waals surface area contributed by atoms with Gasteiger partial charge in [0.15, 0.2) is 0 Å². The second-order valence-corrected chi connectivity index (χ2v) is 5.31. The average molecular weight is 275 g/mol. The van der Waals surface area contributed by atoms with Crippen LogP contribution < -0.4 is 5.73 Å². The minimum atomic E-state index is 0.0437. The highest BCUT2D eigenvalue weighted by atomic mass is 16.4. The molecule has 3 N–H and O–H groups in total. The van der Waals surface area contributed by atoms with E-state index in [0.717, 1.165) is 19.3 Å². The lowest BCUT2D eigenvalue weighted by molar-refractivity contribution is -0.134. The molecular weight excluding hydrogens is 254 g/mol. The van der Waals surface area contributed by atoms with Crippen LogP contribution in [0, 0.1) is 5.92 Å². The molecule has 0 saturated heterocycles. The number of oxime groups is 1. The fraction of sp³-hybridized carbons (Fsp3) is 0.467. The van der Waals surface area contributed by atoms with Gasteiger partial charge in [-0.05, 0) is 30.4 Å². The minimum absolute atomic E-state index is 0.0437. The van der Waals surface area contributed by atoms with Crippen LogP contribution >= 0.6 is 0 Å². The quantitative estimate of drug-likeness (QED) is 0.377. The highest BCUT2D eigenvalue weighted by Crippen LogP contribution is 2.26. The number of amidine groups is 1. The summed E-state index contributed by atoms with van der Waals surface area (Å²) in [6.45, 7) is 0.479. The average Bonchev–Trinajstić information content (AvgIpc) is 2.50.